The number of H-pyrrole nitrogens is 1. The van der Waals surface area contributed by atoms with E-state index in [1.54, 1.807) is 0 Å². The lowest BCUT2D eigenvalue weighted by Crippen LogP contribution is -2.09. The van der Waals surface area contributed by atoms with Gasteiger partial charge in [-0.1, -0.05) is 37.3 Å². The number of aromatic nitrogens is 1. The molecule has 0 aliphatic rings. The summed E-state index contributed by atoms with van der Waals surface area (Å²) in [5.41, 5.74) is 5.33. The van der Waals surface area contributed by atoms with Crippen molar-refractivity contribution in [2.45, 2.75) is 19.4 Å². The molecule has 0 aliphatic heterocycles. The Hall–Kier alpha value is -2.06. The van der Waals surface area contributed by atoms with Gasteiger partial charge in [0.15, 0.2) is 0 Å². The molecule has 0 amide bonds. The van der Waals surface area contributed by atoms with E-state index in [1.165, 1.54) is 27.6 Å². The minimum absolute atomic E-state index is 0.402. The van der Waals surface area contributed by atoms with Crippen LogP contribution >= 0.6 is 0 Å². The van der Waals surface area contributed by atoms with Crippen LogP contribution in [0.15, 0.2) is 54.7 Å². The smallest absolute Gasteiger partial charge is 0.0454 e. The van der Waals surface area contributed by atoms with Crippen LogP contribution in [0.5, 0.6) is 0 Å². The molecule has 3 rings (SSSR count). The maximum atomic E-state index is 3.25. The maximum absolute atomic E-state index is 3.25. The molecule has 0 bridgehead atoms. The van der Waals surface area contributed by atoms with Crippen LogP contribution in [-0.2, 0) is 6.54 Å². The van der Waals surface area contributed by atoms with Gasteiger partial charge in [0.1, 0.15) is 0 Å². The molecular weight excluding hydrogens is 244 g/mol. The third-order valence-corrected chi connectivity index (χ3v) is 3.97. The van der Waals surface area contributed by atoms with Crippen molar-refractivity contribution in [1.82, 2.24) is 10.3 Å². The summed E-state index contributed by atoms with van der Waals surface area (Å²) >= 11 is 0. The highest BCUT2D eigenvalue weighted by molar-refractivity contribution is 5.80. The van der Waals surface area contributed by atoms with Gasteiger partial charge in [0.2, 0.25) is 0 Å². The number of fused-ring (bicyclic) bond motifs is 1. The van der Waals surface area contributed by atoms with Crippen molar-refractivity contribution in [3.05, 3.63) is 71.4 Å². The first-order chi connectivity index (χ1) is 9.79. The molecule has 0 spiro atoms. The average Bonchev–Trinajstić information content (AvgIpc) is 2.95. The zero-order valence-corrected chi connectivity index (χ0v) is 12.0. The highest BCUT2D eigenvalue weighted by Crippen LogP contribution is 2.29. The zero-order valence-electron chi connectivity index (χ0n) is 12.0. The lowest BCUT2D eigenvalue weighted by molar-refractivity contribution is 0.789. The molecule has 0 fully saturated rings. The van der Waals surface area contributed by atoms with Gasteiger partial charge >= 0.3 is 0 Å². The highest BCUT2D eigenvalue weighted by atomic mass is 14.8. The molecule has 102 valence electrons. The van der Waals surface area contributed by atoms with E-state index in [1.807, 2.05) is 13.2 Å². The van der Waals surface area contributed by atoms with Crippen molar-refractivity contribution in [3.8, 4) is 0 Å². The second-order valence-electron chi connectivity index (χ2n) is 5.28. The quantitative estimate of drug-likeness (QED) is 0.731. The van der Waals surface area contributed by atoms with Crippen molar-refractivity contribution < 1.29 is 0 Å². The Balaban J connectivity index is 2.00. The standard InChI is InChI=1S/C18H20N2/c1-13(17-6-4-3-5-16(17)12-19-2)14-7-8-18-15(11-14)9-10-20-18/h3-11,13,19-20H,12H2,1-2H3. The molecule has 0 aliphatic carbocycles. The Morgan fingerprint density at radius 3 is 2.80 bits per heavy atom. The van der Waals surface area contributed by atoms with E-state index in [0.29, 0.717) is 5.92 Å². The SMILES string of the molecule is CNCc1ccccc1C(C)c1ccc2[nH]ccc2c1. The van der Waals surface area contributed by atoms with Crippen LogP contribution in [0.3, 0.4) is 0 Å². The van der Waals surface area contributed by atoms with Crippen molar-refractivity contribution in [2.24, 2.45) is 0 Å². The van der Waals surface area contributed by atoms with Crippen LogP contribution in [0.2, 0.25) is 0 Å². The van der Waals surface area contributed by atoms with Crippen molar-refractivity contribution in [2.75, 3.05) is 7.05 Å². The predicted octanol–water partition coefficient (Wildman–Crippen LogP) is 4.04. The normalized spacial score (nSPS) is 12.7. The maximum Gasteiger partial charge on any atom is 0.0454 e. The van der Waals surface area contributed by atoms with Crippen molar-refractivity contribution in [1.29, 1.82) is 0 Å². The lowest BCUT2D eigenvalue weighted by Gasteiger charge is -2.17. The summed E-state index contributed by atoms with van der Waals surface area (Å²) in [4.78, 5) is 3.25. The van der Waals surface area contributed by atoms with Gasteiger partial charge in [-0.05, 0) is 47.3 Å². The molecule has 20 heavy (non-hydrogen) atoms. The third kappa shape index (κ3) is 2.35. The third-order valence-electron chi connectivity index (χ3n) is 3.97. The van der Waals surface area contributed by atoms with E-state index in [9.17, 15) is 0 Å². The van der Waals surface area contributed by atoms with Gasteiger partial charge in [0.25, 0.3) is 0 Å². The van der Waals surface area contributed by atoms with Gasteiger partial charge in [0.05, 0.1) is 0 Å². The fourth-order valence-corrected chi connectivity index (χ4v) is 2.83. The summed E-state index contributed by atoms with van der Waals surface area (Å²) in [5, 5.41) is 4.53. The average molecular weight is 264 g/mol. The molecule has 0 saturated heterocycles. The summed E-state index contributed by atoms with van der Waals surface area (Å²) in [6.45, 7) is 3.19. The predicted molar refractivity (Wildman–Crippen MR) is 85.0 cm³/mol. The second kappa shape index (κ2) is 5.51. The van der Waals surface area contributed by atoms with Crippen LogP contribution in [0.4, 0.5) is 0 Å². The summed E-state index contributed by atoms with van der Waals surface area (Å²) < 4.78 is 0. The summed E-state index contributed by atoms with van der Waals surface area (Å²) in [7, 11) is 1.99. The van der Waals surface area contributed by atoms with Crippen LogP contribution in [0.25, 0.3) is 10.9 Å². The van der Waals surface area contributed by atoms with Crippen LogP contribution in [0.1, 0.15) is 29.5 Å². The first-order valence-electron chi connectivity index (χ1n) is 7.09. The summed E-state index contributed by atoms with van der Waals surface area (Å²) in [6, 6.07) is 17.5. The van der Waals surface area contributed by atoms with Crippen LogP contribution in [0, 0.1) is 0 Å². The van der Waals surface area contributed by atoms with Crippen molar-refractivity contribution in [3.63, 3.8) is 0 Å². The van der Waals surface area contributed by atoms with Gasteiger partial charge < -0.3 is 10.3 Å². The van der Waals surface area contributed by atoms with Crippen LogP contribution in [-0.4, -0.2) is 12.0 Å². The lowest BCUT2D eigenvalue weighted by atomic mass is 9.89. The molecule has 1 unspecified atom stereocenters. The van der Waals surface area contributed by atoms with E-state index >= 15 is 0 Å². The molecule has 2 N–H and O–H groups in total. The molecule has 1 heterocycles. The Kier molecular flexibility index (Phi) is 3.57. The summed E-state index contributed by atoms with van der Waals surface area (Å²) in [6.07, 6.45) is 1.99. The molecule has 2 nitrogen and oxygen atoms in total. The van der Waals surface area contributed by atoms with Gasteiger partial charge in [-0.3, -0.25) is 0 Å². The van der Waals surface area contributed by atoms with Gasteiger partial charge in [-0.25, -0.2) is 0 Å². The van der Waals surface area contributed by atoms with E-state index < -0.39 is 0 Å². The Labute approximate surface area is 119 Å². The van der Waals surface area contributed by atoms with Gasteiger partial charge in [0, 0.05) is 24.2 Å². The molecular formula is C18H20N2. The minimum Gasteiger partial charge on any atom is -0.361 e. The Morgan fingerprint density at radius 1 is 1.10 bits per heavy atom. The minimum atomic E-state index is 0.402. The first-order valence-corrected chi connectivity index (χ1v) is 7.09. The first kappa shape index (κ1) is 12.9. The van der Waals surface area contributed by atoms with E-state index in [4.69, 9.17) is 0 Å². The van der Waals surface area contributed by atoms with E-state index in [-0.39, 0.29) is 0 Å². The number of rotatable bonds is 4. The molecule has 2 heteroatoms. The van der Waals surface area contributed by atoms with Gasteiger partial charge in [-0.15, -0.1) is 0 Å². The number of hydrogen-bond donors (Lipinski definition) is 2. The fraction of sp³-hybridized carbons (Fsp3) is 0.222. The summed E-state index contributed by atoms with van der Waals surface area (Å²) in [5.74, 6) is 0.402. The number of benzene rings is 2. The zero-order chi connectivity index (χ0) is 13.9. The molecule has 0 saturated carbocycles. The van der Waals surface area contributed by atoms with Gasteiger partial charge in [-0.2, -0.15) is 0 Å². The van der Waals surface area contributed by atoms with E-state index in [2.05, 4.69) is 65.8 Å². The molecule has 0 radical (unpaired) electrons. The second-order valence-corrected chi connectivity index (χ2v) is 5.28. The topological polar surface area (TPSA) is 27.8 Å². The molecule has 2 aromatic carbocycles. The van der Waals surface area contributed by atoms with E-state index in [0.717, 1.165) is 6.54 Å². The molecule has 1 aromatic heterocycles. The Morgan fingerprint density at radius 2 is 1.95 bits per heavy atom. The Bertz CT molecular complexity index is 712. The highest BCUT2D eigenvalue weighted by Gasteiger charge is 2.12. The van der Waals surface area contributed by atoms with Crippen LogP contribution < -0.4 is 5.32 Å². The largest absolute Gasteiger partial charge is 0.361 e. The molecule has 3 aromatic rings. The molecule has 1 atom stereocenters. The van der Waals surface area contributed by atoms with Crippen molar-refractivity contribution >= 4 is 10.9 Å². The number of hydrogen-bond acceptors (Lipinski definition) is 1. The monoisotopic (exact) mass is 264 g/mol. The fourth-order valence-electron chi connectivity index (χ4n) is 2.83. The number of nitrogens with one attached hydrogen (secondary N) is 2. The number of aromatic amines is 1.